The predicted octanol–water partition coefficient (Wildman–Crippen LogP) is 4.86. The summed E-state index contributed by atoms with van der Waals surface area (Å²) in [6.07, 6.45) is 3.29. The van der Waals surface area contributed by atoms with Crippen molar-refractivity contribution in [3.63, 3.8) is 0 Å². The van der Waals surface area contributed by atoms with Crippen LogP contribution in [0.2, 0.25) is 0 Å². The highest BCUT2D eigenvalue weighted by atomic mass is 31.1. The summed E-state index contributed by atoms with van der Waals surface area (Å²) in [6, 6.07) is 27.8. The van der Waals surface area contributed by atoms with Crippen molar-refractivity contribution in [1.82, 2.24) is 0 Å². The zero-order valence-corrected chi connectivity index (χ0v) is 18.7. The van der Waals surface area contributed by atoms with Gasteiger partial charge in [-0.25, -0.2) is 0 Å². The lowest BCUT2D eigenvalue weighted by atomic mass is 10.2. The topological polar surface area (TPSA) is 20.2 Å². The minimum absolute atomic E-state index is 0.250. The van der Waals surface area contributed by atoms with Gasteiger partial charge < -0.3 is 5.11 Å². The highest BCUT2D eigenvalue weighted by molar-refractivity contribution is 7.79. The van der Waals surface area contributed by atoms with Crippen LogP contribution in [0.15, 0.2) is 72.8 Å². The second-order valence-electron chi connectivity index (χ2n) is 6.84. The Bertz CT molecular complexity index is 692. The molecular weight excluding hydrogens is 359 g/mol. The van der Waals surface area contributed by atoms with Crippen LogP contribution in [0.25, 0.3) is 0 Å². The monoisotopic (exact) mass is 393 g/mol. The summed E-state index contributed by atoms with van der Waals surface area (Å²) in [4.78, 5) is 0. The van der Waals surface area contributed by atoms with Crippen molar-refractivity contribution in [2.75, 3.05) is 6.61 Å². The lowest BCUT2D eigenvalue weighted by Gasteiger charge is -2.12. The zero-order chi connectivity index (χ0) is 20.4. The Morgan fingerprint density at radius 1 is 0.500 bits per heavy atom. The molecule has 1 N–H and O–H groups in total. The second kappa shape index (κ2) is 11.8. The molecule has 0 heterocycles. The molecule has 0 amide bonds. The van der Waals surface area contributed by atoms with Crippen molar-refractivity contribution in [2.24, 2.45) is 0 Å². The normalized spacial score (nSPS) is 10.5. The fourth-order valence-corrected chi connectivity index (χ4v) is 5.72. The number of aliphatic hydroxyl groups is 1. The van der Waals surface area contributed by atoms with Crippen LogP contribution in [0.1, 0.15) is 44.4 Å². The molecule has 0 aliphatic heterocycles. The molecule has 0 saturated heterocycles. The van der Waals surface area contributed by atoms with Crippen LogP contribution in [-0.4, -0.2) is 11.7 Å². The van der Waals surface area contributed by atoms with Crippen LogP contribution in [0.5, 0.6) is 0 Å². The van der Waals surface area contributed by atoms with Crippen LogP contribution < -0.4 is 15.9 Å². The molecule has 0 spiro atoms. The number of hydrogen-bond donors (Lipinski definition) is 1. The molecule has 2 heteroatoms. The van der Waals surface area contributed by atoms with Crippen molar-refractivity contribution >= 4 is 23.8 Å². The third-order valence-electron chi connectivity index (χ3n) is 4.95. The van der Waals surface area contributed by atoms with Gasteiger partial charge in [0.05, 0.1) is 7.92 Å². The zero-order valence-electron chi connectivity index (χ0n) is 17.7. The van der Waals surface area contributed by atoms with Gasteiger partial charge in [0.25, 0.3) is 0 Å². The Labute approximate surface area is 172 Å². The van der Waals surface area contributed by atoms with Crippen LogP contribution >= 0.6 is 7.92 Å². The summed E-state index contributed by atoms with van der Waals surface area (Å²) in [5.41, 5.74) is 4.23. The first kappa shape index (κ1) is 22.3. The van der Waals surface area contributed by atoms with Crippen molar-refractivity contribution in [3.8, 4) is 0 Å². The van der Waals surface area contributed by atoms with E-state index in [0.717, 1.165) is 19.3 Å². The summed E-state index contributed by atoms with van der Waals surface area (Å²) in [5.74, 6) is 0. The Kier molecular flexibility index (Phi) is 9.41. The van der Waals surface area contributed by atoms with Gasteiger partial charge in [0.2, 0.25) is 0 Å². The molecule has 3 aromatic carbocycles. The van der Waals surface area contributed by atoms with Gasteiger partial charge in [-0.2, -0.15) is 0 Å². The second-order valence-corrected chi connectivity index (χ2v) is 9.32. The molecule has 3 rings (SSSR count). The molecule has 0 saturated carbocycles. The van der Waals surface area contributed by atoms with Crippen molar-refractivity contribution in [2.45, 2.75) is 47.0 Å². The lowest BCUT2D eigenvalue weighted by molar-refractivity contribution is 0.318. The smallest absolute Gasteiger partial charge is 0.102 e. The van der Waals surface area contributed by atoms with E-state index in [1.807, 2.05) is 0 Å². The minimum atomic E-state index is -0.951. The maximum absolute atomic E-state index is 7.57. The van der Waals surface area contributed by atoms with Crippen molar-refractivity contribution < 1.29 is 5.11 Å². The molecule has 28 heavy (non-hydrogen) atoms. The van der Waals surface area contributed by atoms with E-state index in [1.165, 1.54) is 32.6 Å². The molecule has 0 unspecified atom stereocenters. The number of aryl methyl sites for hydroxylation is 3. The number of benzene rings is 3. The average molecular weight is 394 g/mol. The molecule has 0 atom stereocenters. The first-order valence-electron chi connectivity index (χ1n) is 10.4. The fourth-order valence-electron chi connectivity index (χ4n) is 3.22. The largest absolute Gasteiger partial charge is 0.397 e. The Balaban J connectivity index is 0.000000878. The molecule has 0 aliphatic carbocycles. The molecule has 0 aliphatic rings. The van der Waals surface area contributed by atoms with E-state index in [1.54, 1.807) is 6.92 Å². The summed E-state index contributed by atoms with van der Waals surface area (Å²) < 4.78 is 0. The Morgan fingerprint density at radius 3 is 0.893 bits per heavy atom. The number of aliphatic hydroxyl groups excluding tert-OH is 1. The van der Waals surface area contributed by atoms with E-state index in [4.69, 9.17) is 5.11 Å². The average Bonchev–Trinajstić information content (AvgIpc) is 2.76. The molecule has 1 nitrogen and oxygen atoms in total. The summed E-state index contributed by atoms with van der Waals surface area (Å²) in [7, 11) is -0.951. The molecule has 3 aromatic rings. The van der Waals surface area contributed by atoms with E-state index >= 15 is 0 Å². The van der Waals surface area contributed by atoms with Gasteiger partial charge in [-0.1, -0.05) is 57.2 Å². The van der Waals surface area contributed by atoms with Gasteiger partial charge in [-0.15, -0.1) is 0 Å². The third kappa shape index (κ3) is 6.03. The standard InChI is InChI=1S/C24H27P.C2H6O/c1-4-19-7-13-22(14-8-19)25(23-15-9-20(5-2)10-16-23)24-17-11-21(6-3)12-18-24;1-2-3/h7-18H,4-6H2,1-3H3;3H,2H2,1H3/p+1. The summed E-state index contributed by atoms with van der Waals surface area (Å²) >= 11 is 0. The molecule has 0 fully saturated rings. The summed E-state index contributed by atoms with van der Waals surface area (Å²) in [6.45, 7) is 8.58. The Morgan fingerprint density at radius 2 is 0.714 bits per heavy atom. The van der Waals surface area contributed by atoms with E-state index in [9.17, 15) is 0 Å². The van der Waals surface area contributed by atoms with Crippen LogP contribution in [0.4, 0.5) is 0 Å². The number of hydrogen-bond acceptors (Lipinski definition) is 1. The highest BCUT2D eigenvalue weighted by Crippen LogP contribution is 2.33. The van der Waals surface area contributed by atoms with Crippen LogP contribution in [0, 0.1) is 0 Å². The SMILES string of the molecule is CCO.CCc1ccc([PH+](c2ccc(CC)cc2)c2ccc(CC)cc2)cc1. The maximum Gasteiger partial charge on any atom is 0.102 e. The quantitative estimate of drug-likeness (QED) is 0.593. The Hall–Kier alpha value is -1.95. The predicted molar refractivity (Wildman–Crippen MR) is 127 cm³/mol. The lowest BCUT2D eigenvalue weighted by Crippen LogP contribution is -2.20. The van der Waals surface area contributed by atoms with Gasteiger partial charge in [0, 0.05) is 6.61 Å². The van der Waals surface area contributed by atoms with Gasteiger partial charge in [0.15, 0.2) is 0 Å². The van der Waals surface area contributed by atoms with Gasteiger partial charge in [0.1, 0.15) is 15.9 Å². The van der Waals surface area contributed by atoms with Gasteiger partial charge in [-0.3, -0.25) is 0 Å². The maximum atomic E-state index is 7.57. The molecule has 0 aromatic heterocycles. The van der Waals surface area contributed by atoms with Crippen molar-refractivity contribution in [1.29, 1.82) is 0 Å². The van der Waals surface area contributed by atoms with Gasteiger partial charge >= 0.3 is 0 Å². The third-order valence-corrected chi connectivity index (χ3v) is 7.68. The van der Waals surface area contributed by atoms with E-state index < -0.39 is 7.92 Å². The van der Waals surface area contributed by atoms with Crippen LogP contribution in [-0.2, 0) is 19.3 Å². The molecule has 148 valence electrons. The van der Waals surface area contributed by atoms with E-state index in [-0.39, 0.29) is 6.61 Å². The van der Waals surface area contributed by atoms with E-state index in [2.05, 4.69) is 93.6 Å². The summed E-state index contributed by atoms with van der Waals surface area (Å²) in [5, 5.41) is 12.0. The van der Waals surface area contributed by atoms with Gasteiger partial charge in [-0.05, 0) is 79.3 Å². The minimum Gasteiger partial charge on any atom is -0.397 e. The highest BCUT2D eigenvalue weighted by Gasteiger charge is 2.25. The molecule has 0 radical (unpaired) electrons. The van der Waals surface area contributed by atoms with Crippen LogP contribution in [0.3, 0.4) is 0 Å². The van der Waals surface area contributed by atoms with E-state index in [0.29, 0.717) is 0 Å². The molecular formula is C26H34OP+. The first-order chi connectivity index (χ1) is 13.7. The number of rotatable bonds is 6. The molecule has 0 bridgehead atoms. The first-order valence-corrected chi connectivity index (χ1v) is 11.9. The van der Waals surface area contributed by atoms with Crippen molar-refractivity contribution in [3.05, 3.63) is 89.5 Å². The fraction of sp³-hybridized carbons (Fsp3) is 0.308.